The van der Waals surface area contributed by atoms with Crippen molar-refractivity contribution >= 4 is 57.2 Å². The summed E-state index contributed by atoms with van der Waals surface area (Å²) in [6.45, 7) is 4.23. The Balaban J connectivity index is 0.00000220. The van der Waals surface area contributed by atoms with Gasteiger partial charge in [0, 0.05) is 27.5 Å². The van der Waals surface area contributed by atoms with Gasteiger partial charge < -0.3 is 10.6 Å². The fraction of sp³-hybridized carbons (Fsp3) is 0.286. The maximum atomic E-state index is 4.53. The van der Waals surface area contributed by atoms with Crippen LogP contribution >= 0.6 is 51.2 Å². The van der Waals surface area contributed by atoms with Crippen LogP contribution in [-0.4, -0.2) is 17.5 Å². The summed E-state index contributed by atoms with van der Waals surface area (Å²) in [5, 5.41) is 8.63. The number of guanidine groups is 1. The van der Waals surface area contributed by atoms with E-state index in [0.29, 0.717) is 6.54 Å². The van der Waals surface area contributed by atoms with Crippen LogP contribution in [0.1, 0.15) is 17.5 Å². The highest BCUT2D eigenvalue weighted by Crippen LogP contribution is 2.19. The minimum atomic E-state index is 0. The zero-order valence-electron chi connectivity index (χ0n) is 11.7. The molecule has 2 N–H and O–H groups in total. The summed E-state index contributed by atoms with van der Waals surface area (Å²) >= 11 is 5.18. The summed E-state index contributed by atoms with van der Waals surface area (Å²) in [5.74, 6) is 0.808. The van der Waals surface area contributed by atoms with Crippen LogP contribution in [-0.2, 0) is 13.1 Å². The fourth-order valence-electron chi connectivity index (χ4n) is 1.61. The van der Waals surface area contributed by atoms with E-state index in [1.165, 1.54) is 4.88 Å². The monoisotopic (exact) mass is 480 g/mol. The second-order valence-electron chi connectivity index (χ2n) is 4.10. The summed E-state index contributed by atoms with van der Waals surface area (Å²) in [4.78, 5) is 10.1. The van der Waals surface area contributed by atoms with Gasteiger partial charge in [0.1, 0.15) is 0 Å². The van der Waals surface area contributed by atoms with Gasteiger partial charge in [-0.2, -0.15) is 0 Å². The zero-order chi connectivity index (χ0) is 14.2. The Kier molecular flexibility index (Phi) is 8.86. The van der Waals surface area contributed by atoms with Crippen LogP contribution in [0.2, 0.25) is 0 Å². The minimum Gasteiger partial charge on any atom is -0.357 e. The van der Waals surface area contributed by atoms with Gasteiger partial charge in [-0.25, -0.2) is 4.99 Å². The van der Waals surface area contributed by atoms with Crippen LogP contribution in [0.4, 0.5) is 0 Å². The van der Waals surface area contributed by atoms with Crippen molar-refractivity contribution in [3.05, 3.63) is 50.9 Å². The molecule has 0 fully saturated rings. The predicted molar refractivity (Wildman–Crippen MR) is 103 cm³/mol. The van der Waals surface area contributed by atoms with Crippen LogP contribution in [0.15, 0.2) is 45.3 Å². The first-order chi connectivity index (χ1) is 9.78. The van der Waals surface area contributed by atoms with Crippen molar-refractivity contribution in [3.8, 4) is 0 Å². The number of halogens is 2. The number of nitrogens with zero attached hydrogens (tertiary/aromatic N) is 2. The van der Waals surface area contributed by atoms with Gasteiger partial charge in [-0.15, -0.1) is 35.3 Å². The van der Waals surface area contributed by atoms with Crippen LogP contribution in [0.25, 0.3) is 0 Å². The van der Waals surface area contributed by atoms with E-state index in [0.717, 1.165) is 29.2 Å². The molecule has 0 aromatic carbocycles. The topological polar surface area (TPSA) is 49.3 Å². The van der Waals surface area contributed by atoms with Crippen molar-refractivity contribution in [1.29, 1.82) is 0 Å². The van der Waals surface area contributed by atoms with Crippen LogP contribution in [0.3, 0.4) is 0 Å². The molecule has 0 aliphatic carbocycles. The van der Waals surface area contributed by atoms with Crippen LogP contribution < -0.4 is 10.6 Å². The summed E-state index contributed by atoms with van der Waals surface area (Å²) in [6, 6.07) is 7.97. The molecule has 2 aromatic heterocycles. The van der Waals surface area contributed by atoms with Crippen molar-refractivity contribution in [1.82, 2.24) is 15.6 Å². The van der Waals surface area contributed by atoms with Crippen molar-refractivity contribution in [3.63, 3.8) is 0 Å². The SMILES string of the molecule is CCNC(=NCc1ccccn1)NCc1cc(Br)cs1.I. The highest BCUT2D eigenvalue weighted by Gasteiger charge is 2.01. The minimum absolute atomic E-state index is 0. The molecule has 0 saturated carbocycles. The quantitative estimate of drug-likeness (QED) is 0.389. The molecule has 7 heteroatoms. The fourth-order valence-corrected chi connectivity index (χ4v) is 3.00. The maximum Gasteiger partial charge on any atom is 0.191 e. The third-order valence-electron chi connectivity index (χ3n) is 2.52. The number of nitrogens with one attached hydrogen (secondary N) is 2. The van der Waals surface area contributed by atoms with Gasteiger partial charge in [-0.1, -0.05) is 6.07 Å². The van der Waals surface area contributed by atoms with E-state index in [1.54, 1.807) is 17.5 Å². The van der Waals surface area contributed by atoms with E-state index >= 15 is 0 Å². The first kappa shape index (κ1) is 18.4. The van der Waals surface area contributed by atoms with Gasteiger partial charge in [0.05, 0.1) is 18.8 Å². The summed E-state index contributed by atoms with van der Waals surface area (Å²) in [5.41, 5.74) is 0.962. The molecule has 0 radical (unpaired) electrons. The molecule has 0 unspecified atom stereocenters. The molecule has 0 bridgehead atoms. The molecule has 0 atom stereocenters. The molecule has 0 aliphatic rings. The van der Waals surface area contributed by atoms with Crippen molar-refractivity contribution in [2.45, 2.75) is 20.0 Å². The number of thiophene rings is 1. The van der Waals surface area contributed by atoms with Gasteiger partial charge in [0.2, 0.25) is 0 Å². The third kappa shape index (κ3) is 6.75. The second-order valence-corrected chi connectivity index (χ2v) is 6.01. The van der Waals surface area contributed by atoms with Crippen molar-refractivity contribution in [2.75, 3.05) is 6.54 Å². The molecule has 0 saturated heterocycles. The molecular formula is C14H18BrIN4S. The Morgan fingerprint density at radius 3 is 2.86 bits per heavy atom. The number of aromatic nitrogens is 1. The second kappa shape index (κ2) is 10.1. The highest BCUT2D eigenvalue weighted by atomic mass is 127. The lowest BCUT2D eigenvalue weighted by molar-refractivity contribution is 0.819. The van der Waals surface area contributed by atoms with E-state index in [4.69, 9.17) is 0 Å². The number of aliphatic imine (C=N–C) groups is 1. The Bertz CT molecular complexity index is 559. The van der Waals surface area contributed by atoms with E-state index in [1.807, 2.05) is 18.2 Å². The number of hydrogen-bond donors (Lipinski definition) is 2. The average Bonchev–Trinajstić information content (AvgIpc) is 2.89. The van der Waals surface area contributed by atoms with Crippen LogP contribution in [0.5, 0.6) is 0 Å². The molecule has 21 heavy (non-hydrogen) atoms. The first-order valence-corrected chi connectivity index (χ1v) is 8.10. The zero-order valence-corrected chi connectivity index (χ0v) is 16.4. The van der Waals surface area contributed by atoms with Gasteiger partial charge in [-0.05, 0) is 41.1 Å². The van der Waals surface area contributed by atoms with Crippen molar-refractivity contribution in [2.24, 2.45) is 4.99 Å². The van der Waals surface area contributed by atoms with Gasteiger partial charge >= 0.3 is 0 Å². The molecule has 0 spiro atoms. The largest absolute Gasteiger partial charge is 0.357 e. The average molecular weight is 481 g/mol. The molecular weight excluding hydrogens is 463 g/mol. The smallest absolute Gasteiger partial charge is 0.191 e. The van der Waals surface area contributed by atoms with E-state index in [-0.39, 0.29) is 24.0 Å². The Morgan fingerprint density at radius 1 is 1.38 bits per heavy atom. The summed E-state index contributed by atoms with van der Waals surface area (Å²) < 4.78 is 1.12. The number of rotatable bonds is 5. The number of hydrogen-bond acceptors (Lipinski definition) is 3. The summed E-state index contributed by atoms with van der Waals surface area (Å²) in [6.07, 6.45) is 1.79. The molecule has 4 nitrogen and oxygen atoms in total. The Labute approximate surface area is 154 Å². The van der Waals surface area contributed by atoms with E-state index in [2.05, 4.69) is 54.9 Å². The highest BCUT2D eigenvalue weighted by molar-refractivity contribution is 14.0. The first-order valence-electron chi connectivity index (χ1n) is 6.43. The lowest BCUT2D eigenvalue weighted by atomic mass is 10.3. The Morgan fingerprint density at radius 2 is 2.24 bits per heavy atom. The standard InChI is InChI=1S/C14H17BrN4S.HI/c1-2-16-14(18-8-12-5-3-4-6-17-12)19-9-13-7-11(15)10-20-13;/h3-7,10H,2,8-9H2,1H3,(H2,16,18,19);1H. The molecule has 0 amide bonds. The molecule has 2 aromatic rings. The Hall–Kier alpha value is -0.670. The number of pyridine rings is 1. The van der Waals surface area contributed by atoms with Gasteiger partial charge in [0.15, 0.2) is 5.96 Å². The van der Waals surface area contributed by atoms with E-state index < -0.39 is 0 Å². The molecule has 114 valence electrons. The normalized spacial score (nSPS) is 10.9. The maximum absolute atomic E-state index is 4.53. The van der Waals surface area contributed by atoms with Gasteiger partial charge in [0.25, 0.3) is 0 Å². The summed E-state index contributed by atoms with van der Waals surface area (Å²) in [7, 11) is 0. The van der Waals surface area contributed by atoms with Crippen LogP contribution in [0, 0.1) is 0 Å². The third-order valence-corrected chi connectivity index (χ3v) is 4.22. The van der Waals surface area contributed by atoms with Crippen molar-refractivity contribution < 1.29 is 0 Å². The van der Waals surface area contributed by atoms with E-state index in [9.17, 15) is 0 Å². The predicted octanol–water partition coefficient (Wildman–Crippen LogP) is 3.78. The van der Waals surface area contributed by atoms with Gasteiger partial charge in [-0.3, -0.25) is 4.98 Å². The lowest BCUT2D eigenvalue weighted by Gasteiger charge is -2.10. The molecule has 2 rings (SSSR count). The molecule has 0 aliphatic heterocycles. The lowest BCUT2D eigenvalue weighted by Crippen LogP contribution is -2.36. The molecule has 2 heterocycles.